The van der Waals surface area contributed by atoms with Crippen LogP contribution in [0, 0.1) is 5.92 Å². The number of oxazole rings is 1. The van der Waals surface area contributed by atoms with Gasteiger partial charge in [-0.15, -0.1) is 0 Å². The summed E-state index contributed by atoms with van der Waals surface area (Å²) in [6.45, 7) is 2.78. The van der Waals surface area contributed by atoms with Gasteiger partial charge in [0.1, 0.15) is 17.2 Å². The van der Waals surface area contributed by atoms with Crippen molar-refractivity contribution in [3.05, 3.63) is 36.7 Å². The molecule has 0 spiro atoms. The van der Waals surface area contributed by atoms with Crippen LogP contribution in [0.25, 0.3) is 33.3 Å². The van der Waals surface area contributed by atoms with Gasteiger partial charge < -0.3 is 29.4 Å². The van der Waals surface area contributed by atoms with E-state index in [0.29, 0.717) is 36.3 Å². The van der Waals surface area contributed by atoms with Crippen molar-refractivity contribution in [2.75, 3.05) is 56.0 Å². The largest absolute Gasteiger partial charge is 0.436 e. The van der Waals surface area contributed by atoms with Gasteiger partial charge in [0.05, 0.1) is 24.9 Å². The van der Waals surface area contributed by atoms with Crippen LogP contribution in [-0.2, 0) is 14.3 Å². The number of nitrogens with one attached hydrogen (secondary N) is 2. The average molecular weight is 489 g/mol. The summed E-state index contributed by atoms with van der Waals surface area (Å²) in [7, 11) is 3.50. The lowest BCUT2D eigenvalue weighted by molar-refractivity contribution is -0.117. The molecule has 2 fully saturated rings. The summed E-state index contributed by atoms with van der Waals surface area (Å²) in [5.74, 6) is 1.77. The molecule has 1 saturated carbocycles. The highest BCUT2D eigenvalue weighted by Gasteiger charge is 2.30. The summed E-state index contributed by atoms with van der Waals surface area (Å²) in [6.07, 6.45) is 5.36. The van der Waals surface area contributed by atoms with Crippen LogP contribution in [0.1, 0.15) is 12.8 Å². The van der Waals surface area contributed by atoms with Gasteiger partial charge in [-0.05, 0) is 37.1 Å². The average Bonchev–Trinajstić information content (AvgIpc) is 3.67. The predicted octanol–water partition coefficient (Wildman–Crippen LogP) is 3.68. The molecule has 1 saturated heterocycles. The summed E-state index contributed by atoms with van der Waals surface area (Å²) < 4.78 is 17.2. The number of aromatic nitrogens is 3. The van der Waals surface area contributed by atoms with Crippen molar-refractivity contribution in [1.29, 1.82) is 0 Å². The maximum Gasteiger partial charge on any atom is 0.229 e. The first-order chi connectivity index (χ1) is 17.6. The van der Waals surface area contributed by atoms with E-state index in [-0.39, 0.29) is 17.9 Å². The van der Waals surface area contributed by atoms with Crippen LogP contribution in [0.5, 0.6) is 0 Å². The van der Waals surface area contributed by atoms with Crippen LogP contribution in [0.15, 0.2) is 41.1 Å². The molecular weight excluding hydrogens is 460 g/mol. The normalized spacial score (nSPS) is 18.1. The van der Waals surface area contributed by atoms with E-state index in [4.69, 9.17) is 18.9 Å². The molecule has 0 bridgehead atoms. The SMILES string of the molecule is CNc1ncc(-c2nc3cc(N4CCO[C@H](COC)C4)ccc3o2)c2cc(NC(=O)C3CC3)ncc12. The zero-order chi connectivity index (χ0) is 24.6. The Balaban J connectivity index is 1.36. The van der Waals surface area contributed by atoms with Crippen LogP contribution >= 0.6 is 0 Å². The highest BCUT2D eigenvalue weighted by molar-refractivity contribution is 6.03. The Morgan fingerprint density at radius 3 is 2.89 bits per heavy atom. The molecular formula is C26H28N6O4. The van der Waals surface area contributed by atoms with Gasteiger partial charge in [0.15, 0.2) is 5.58 Å². The Morgan fingerprint density at radius 1 is 1.19 bits per heavy atom. The van der Waals surface area contributed by atoms with E-state index in [9.17, 15) is 4.79 Å². The van der Waals surface area contributed by atoms with Crippen LogP contribution < -0.4 is 15.5 Å². The molecule has 2 aliphatic rings. The molecule has 6 rings (SSSR count). The Morgan fingerprint density at radius 2 is 2.08 bits per heavy atom. The fourth-order valence-electron chi connectivity index (χ4n) is 4.62. The minimum Gasteiger partial charge on any atom is -0.436 e. The molecule has 10 heteroatoms. The lowest BCUT2D eigenvalue weighted by Gasteiger charge is -2.34. The third kappa shape index (κ3) is 4.33. The predicted molar refractivity (Wildman–Crippen MR) is 137 cm³/mol. The van der Waals surface area contributed by atoms with Crippen molar-refractivity contribution in [3.8, 4) is 11.5 Å². The lowest BCUT2D eigenvalue weighted by atomic mass is 10.1. The minimum absolute atomic E-state index is 0.0107. The Kier molecular flexibility index (Phi) is 5.90. The van der Waals surface area contributed by atoms with Gasteiger partial charge >= 0.3 is 0 Å². The van der Waals surface area contributed by atoms with E-state index >= 15 is 0 Å². The van der Waals surface area contributed by atoms with Gasteiger partial charge in [0, 0.05) is 62.0 Å². The number of ether oxygens (including phenoxy) is 2. The third-order valence-corrected chi connectivity index (χ3v) is 6.67. The van der Waals surface area contributed by atoms with E-state index in [1.54, 1.807) is 19.5 Å². The van der Waals surface area contributed by atoms with Crippen molar-refractivity contribution in [3.63, 3.8) is 0 Å². The molecule has 1 atom stereocenters. The molecule has 0 radical (unpaired) electrons. The molecule has 4 aromatic rings. The van der Waals surface area contributed by atoms with E-state index in [0.717, 1.165) is 53.5 Å². The smallest absolute Gasteiger partial charge is 0.229 e. The van der Waals surface area contributed by atoms with E-state index in [1.165, 1.54) is 0 Å². The first-order valence-electron chi connectivity index (χ1n) is 12.2. The van der Waals surface area contributed by atoms with Crippen molar-refractivity contribution in [1.82, 2.24) is 15.0 Å². The maximum absolute atomic E-state index is 12.3. The van der Waals surface area contributed by atoms with Gasteiger partial charge in [-0.2, -0.15) is 0 Å². The summed E-state index contributed by atoms with van der Waals surface area (Å²) in [6, 6.07) is 7.89. The zero-order valence-corrected chi connectivity index (χ0v) is 20.3. The van der Waals surface area contributed by atoms with Gasteiger partial charge in [0.25, 0.3) is 0 Å². The number of anilines is 3. The zero-order valence-electron chi connectivity index (χ0n) is 20.3. The highest BCUT2D eigenvalue weighted by atomic mass is 16.5. The first-order valence-corrected chi connectivity index (χ1v) is 12.2. The Hall–Kier alpha value is -3.76. The van der Waals surface area contributed by atoms with Gasteiger partial charge in [-0.3, -0.25) is 4.79 Å². The molecule has 36 heavy (non-hydrogen) atoms. The van der Waals surface area contributed by atoms with Crippen LogP contribution in [0.4, 0.5) is 17.3 Å². The standard InChI is InChI=1S/C26H28N6O4/c1-27-24-19-11-28-23(31-25(33)15-3-4-15)10-18(19)20(12-29-24)26-30-21-9-16(5-6-22(21)36-26)32-7-8-35-17(13-32)14-34-2/h5-6,9-12,15,17H,3-4,7-8,13-14H2,1-2H3,(H,27,29)(H,28,31,33)/t17-/m0/s1. The number of hydrogen-bond acceptors (Lipinski definition) is 9. The number of rotatable bonds is 7. The molecule has 1 amide bonds. The Bertz CT molecular complexity index is 1430. The summed E-state index contributed by atoms with van der Waals surface area (Å²) in [5.41, 5.74) is 3.25. The van der Waals surface area contributed by atoms with Crippen LogP contribution in [0.3, 0.4) is 0 Å². The van der Waals surface area contributed by atoms with Gasteiger partial charge in [-0.25, -0.2) is 15.0 Å². The number of nitrogens with zero attached hydrogens (tertiary/aromatic N) is 4. The molecule has 0 unspecified atom stereocenters. The van der Waals surface area contributed by atoms with Crippen LogP contribution in [-0.4, -0.2) is 67.4 Å². The number of amides is 1. The molecule has 3 aromatic heterocycles. The van der Waals surface area contributed by atoms with Gasteiger partial charge in [0.2, 0.25) is 11.8 Å². The second-order valence-electron chi connectivity index (χ2n) is 9.21. The number of pyridine rings is 2. The van der Waals surface area contributed by atoms with E-state index in [1.807, 2.05) is 31.3 Å². The number of carbonyl (C=O) groups is 1. The fourth-order valence-corrected chi connectivity index (χ4v) is 4.62. The lowest BCUT2D eigenvalue weighted by Crippen LogP contribution is -2.44. The number of morpholine rings is 1. The topological polar surface area (TPSA) is 115 Å². The van der Waals surface area contributed by atoms with Gasteiger partial charge in [-0.1, -0.05) is 0 Å². The third-order valence-electron chi connectivity index (χ3n) is 6.67. The van der Waals surface area contributed by atoms with Crippen molar-refractivity contribution in [2.24, 2.45) is 5.92 Å². The van der Waals surface area contributed by atoms with E-state index < -0.39 is 0 Å². The monoisotopic (exact) mass is 488 g/mol. The fraction of sp³-hybridized carbons (Fsp3) is 0.385. The highest BCUT2D eigenvalue weighted by Crippen LogP contribution is 2.35. The molecule has 2 N–H and O–H groups in total. The summed E-state index contributed by atoms with van der Waals surface area (Å²) in [5, 5.41) is 7.70. The van der Waals surface area contributed by atoms with Crippen molar-refractivity contribution >= 4 is 45.1 Å². The first kappa shape index (κ1) is 22.7. The van der Waals surface area contributed by atoms with Crippen molar-refractivity contribution < 1.29 is 18.7 Å². The minimum atomic E-state index is 0.0107. The number of carbonyl (C=O) groups excluding carboxylic acids is 1. The number of benzene rings is 1. The molecule has 1 aliphatic heterocycles. The second kappa shape index (κ2) is 9.36. The maximum atomic E-state index is 12.3. The molecule has 10 nitrogen and oxygen atoms in total. The van der Waals surface area contributed by atoms with Crippen molar-refractivity contribution in [2.45, 2.75) is 18.9 Å². The summed E-state index contributed by atoms with van der Waals surface area (Å²) in [4.78, 5) is 28.4. The quantitative estimate of drug-likeness (QED) is 0.402. The second-order valence-corrected chi connectivity index (χ2v) is 9.21. The van der Waals surface area contributed by atoms with Crippen LogP contribution in [0.2, 0.25) is 0 Å². The molecule has 1 aromatic carbocycles. The number of hydrogen-bond donors (Lipinski definition) is 2. The molecule has 186 valence electrons. The molecule has 4 heterocycles. The van der Waals surface area contributed by atoms with E-state index in [2.05, 4.69) is 25.5 Å². The summed E-state index contributed by atoms with van der Waals surface area (Å²) >= 11 is 0. The number of fused-ring (bicyclic) bond motifs is 2. The Labute approximate surface area is 208 Å². The molecule has 1 aliphatic carbocycles. The number of methoxy groups -OCH3 is 1.